The summed E-state index contributed by atoms with van der Waals surface area (Å²) in [5.41, 5.74) is 70.6. The van der Waals surface area contributed by atoms with E-state index < -0.39 is 385 Å². The number of unbranched alkanes of at least 4 members (excludes halogenated alkanes) is 2. The molecular weight excluding hydrogens is 1710 g/mol. The van der Waals surface area contributed by atoms with Crippen molar-refractivity contribution in [2.75, 3.05) is 19.8 Å². The highest BCUT2D eigenvalue weighted by Crippen LogP contribution is 2.26. The molecule has 16 atom stereocenters. The third kappa shape index (κ3) is 46.1. The molecule has 43 N–H and O–H groups in total. The number of amides is 23. The average molecular weight is 1830 g/mol. The molecule has 716 valence electrons. The third-order valence-corrected chi connectivity index (χ3v) is 18.8. The van der Waals surface area contributed by atoms with Crippen molar-refractivity contribution >= 4 is 148 Å². The minimum absolute atomic E-state index is 0.0514. The lowest BCUT2D eigenvalue weighted by atomic mass is 9.91. The monoisotopic (exact) mass is 1830 g/mol. The van der Waals surface area contributed by atoms with Crippen LogP contribution >= 0.6 is 0 Å². The lowest BCUT2D eigenvalue weighted by molar-refractivity contribution is -0.154. The molecule has 0 radical (unpaired) electrons. The molecule has 1 rings (SSSR count). The van der Waals surface area contributed by atoms with E-state index >= 15 is 0 Å². The Kier molecular flexibility index (Phi) is 50.9. The molecule has 0 unspecified atom stereocenters. The van der Waals surface area contributed by atoms with Crippen LogP contribution in [-0.2, 0) is 125 Å². The maximum Gasteiger partial charge on any atom is 0.370 e. The van der Waals surface area contributed by atoms with Crippen molar-refractivity contribution in [3.63, 3.8) is 0 Å². The summed E-state index contributed by atoms with van der Waals surface area (Å²) in [6, 6.07) is -22.9. The lowest BCUT2D eigenvalue weighted by Gasteiger charge is -2.41. The summed E-state index contributed by atoms with van der Waals surface area (Å²) in [5, 5.41) is 68.0. The highest BCUT2D eigenvalue weighted by atomic mass is 16.6. The van der Waals surface area contributed by atoms with E-state index in [-0.39, 0.29) is 32.4 Å². The second kappa shape index (κ2) is 58.2. The zero-order valence-corrected chi connectivity index (χ0v) is 70.1. The Morgan fingerprint density at radius 2 is 0.648 bits per heavy atom. The van der Waals surface area contributed by atoms with Gasteiger partial charge in [-0.25, -0.2) is 4.79 Å². The minimum Gasteiger partial charge on any atom is -0.478 e. The number of carboxylic acid groups (broad SMARTS) is 1. The molecule has 128 heavy (non-hydrogen) atoms. The fourth-order valence-electron chi connectivity index (χ4n) is 12.0. The van der Waals surface area contributed by atoms with Crippen LogP contribution in [0.1, 0.15) is 167 Å². The Labute approximate surface area is 730 Å². The van der Waals surface area contributed by atoms with Crippen molar-refractivity contribution < 1.29 is 140 Å². The second-order valence-electron chi connectivity index (χ2n) is 29.4. The number of guanidine groups is 1. The van der Waals surface area contributed by atoms with Gasteiger partial charge < -0.3 is 168 Å². The molecule has 56 heteroatoms. The highest BCUT2D eigenvalue weighted by molar-refractivity contribution is 6.01. The number of nitrogens with two attached hydrogens (primary N) is 13. The summed E-state index contributed by atoms with van der Waals surface area (Å²) in [7, 11) is 0. The number of carbonyl (C=O) groups excluding carboxylic acids is 23. The van der Waals surface area contributed by atoms with E-state index in [0.29, 0.717) is 12.8 Å². The predicted octanol–water partition coefficient (Wildman–Crippen LogP) is -16.2. The van der Waals surface area contributed by atoms with Crippen LogP contribution in [0.15, 0.2) is 11.8 Å². The van der Waals surface area contributed by atoms with Gasteiger partial charge in [0.25, 0.3) is 0 Å². The maximum absolute atomic E-state index is 14.5. The largest absolute Gasteiger partial charge is 0.478 e. The van der Waals surface area contributed by atoms with E-state index in [2.05, 4.69) is 69.1 Å². The molecule has 0 aliphatic carbocycles. The van der Waals surface area contributed by atoms with Gasteiger partial charge in [0, 0.05) is 90.7 Å². The number of hydrogen-bond acceptors (Lipinski definition) is 30. The van der Waals surface area contributed by atoms with Gasteiger partial charge in [-0.15, -0.1) is 0 Å². The van der Waals surface area contributed by atoms with Crippen molar-refractivity contribution in [2.24, 2.45) is 74.5 Å². The molecule has 0 fully saturated rings. The standard InChI is InChI=1S/C72H119N27O29/c1-31(101)88-57-43(99-72(85)86)29-45(71(125)126)128-59(57)58(44(102)30-100)127-28-4-2-3-27-87-56(113)26-5-32(73)61(115)90-34(7-17-47(75)104)63(117)92-36(9-19-49(77)106)65(119)94-38(11-21-51(79)108)67(121)96-40(13-23-53(81)110)69(123)98-42(15-25-55(83)112)70(124)97-41(14-24-54(82)111)68(122)95-39(12-22-52(80)109)66(120)93-37(10-20-50(78)107)64(118)91-35(8-18-48(76)105)62(116)89-33(60(84)114)6-16-46(74)103/h29,32-44,57-59,100,102H,2-28,30,73H2,1H3,(H2,74,103)(H2,75,104)(H2,76,105)(H2,77,106)(H2,78,107)(H2,79,108)(H2,80,109)(H2,81,110)(H2,82,111)(H2,83,112)(H2,84,114)(H,87,113)(H,88,101)(H,89,116)(H,90,115)(H,91,118)(H,92,117)(H,93,120)(H,94,119)(H,95,122)(H,96,121)(H,97,124)(H,98,123)(H,125,126)(H4,85,86,99)/t32-,33-,34-,35-,36-,37-,38-,39-,40-,41-,42-,43-,44+,57+,58+,59+/m0/s1. The quantitative estimate of drug-likeness (QED) is 0.0153. The summed E-state index contributed by atoms with van der Waals surface area (Å²) >= 11 is 0. The average Bonchev–Trinajstić information content (AvgIpc) is 0.788. The summed E-state index contributed by atoms with van der Waals surface area (Å²) in [5.74, 6) is -28.9. The number of rotatable bonds is 67. The highest BCUT2D eigenvalue weighted by Gasteiger charge is 2.46. The molecule has 1 aliphatic heterocycles. The molecule has 1 aliphatic rings. The molecule has 0 aromatic rings. The van der Waals surface area contributed by atoms with E-state index in [9.17, 15) is 130 Å². The number of nitrogens with one attached hydrogen (secondary N) is 14. The molecule has 0 saturated heterocycles. The molecule has 0 saturated carbocycles. The van der Waals surface area contributed by atoms with Crippen molar-refractivity contribution in [3.8, 4) is 0 Å². The Bertz CT molecular complexity index is 4040. The molecule has 0 spiro atoms. The summed E-state index contributed by atoms with van der Waals surface area (Å²) in [6.07, 6.45) is -16.9. The molecule has 0 aromatic heterocycles. The number of aliphatic carboxylic acids is 1. The summed E-state index contributed by atoms with van der Waals surface area (Å²) in [6.45, 7) is 0.157. The Balaban J connectivity index is 3.59. The molecule has 23 amide bonds. The van der Waals surface area contributed by atoms with Crippen LogP contribution in [-0.4, -0.2) is 280 Å². The van der Waals surface area contributed by atoms with E-state index in [1.165, 1.54) is 0 Å². The topological polar surface area (TPSA) is 1010 Å². The molecule has 56 nitrogen and oxygen atoms in total. The van der Waals surface area contributed by atoms with Gasteiger partial charge in [0.1, 0.15) is 72.6 Å². The van der Waals surface area contributed by atoms with Gasteiger partial charge in [-0.3, -0.25) is 116 Å². The number of carboxylic acids is 1. The van der Waals surface area contributed by atoms with Crippen LogP contribution in [0, 0.1) is 5.41 Å². The summed E-state index contributed by atoms with van der Waals surface area (Å²) in [4.78, 5) is 312. The zero-order chi connectivity index (χ0) is 97.4. The van der Waals surface area contributed by atoms with Gasteiger partial charge >= 0.3 is 5.97 Å². The molecular formula is C72H119N27O29. The lowest BCUT2D eigenvalue weighted by Crippen LogP contribution is -2.64. The van der Waals surface area contributed by atoms with Crippen molar-refractivity contribution in [2.45, 2.75) is 264 Å². The van der Waals surface area contributed by atoms with E-state index in [1.807, 2.05) is 0 Å². The number of hydrogen-bond donors (Lipinski definition) is 30. The number of aliphatic hydroxyl groups excluding tert-OH is 2. The van der Waals surface area contributed by atoms with Crippen molar-refractivity contribution in [1.29, 1.82) is 5.41 Å². The Morgan fingerprint density at radius 3 is 0.891 bits per heavy atom. The normalized spacial score (nSPS) is 16.3. The number of carbonyl (C=O) groups is 24. The van der Waals surface area contributed by atoms with Crippen LogP contribution in [0.2, 0.25) is 0 Å². The first kappa shape index (κ1) is 112. The van der Waals surface area contributed by atoms with Gasteiger partial charge in [0.15, 0.2) is 12.1 Å². The third-order valence-electron chi connectivity index (χ3n) is 18.8. The van der Waals surface area contributed by atoms with Crippen LogP contribution in [0.25, 0.3) is 0 Å². The molecule has 0 aromatic carbocycles. The summed E-state index contributed by atoms with van der Waals surface area (Å²) < 4.78 is 11.5. The van der Waals surface area contributed by atoms with E-state index in [4.69, 9.17) is 89.4 Å². The van der Waals surface area contributed by atoms with E-state index in [0.717, 1.165) is 13.0 Å². The smallest absolute Gasteiger partial charge is 0.370 e. The van der Waals surface area contributed by atoms with E-state index in [1.54, 1.807) is 0 Å². The minimum atomic E-state index is -2.04. The van der Waals surface area contributed by atoms with Gasteiger partial charge in [0.05, 0.1) is 24.7 Å². The SMILES string of the molecule is CC(=O)N[C@H]1[C@H]([C@H](OCCCCCNC(=O)CC[C@H](N)C(=O)N[C@@H](CCC(N)=O)C(=O)N[C@@H](CCC(N)=O)C(=O)N[C@@H](CCC(N)=O)C(=O)N[C@@H](CCC(N)=O)C(=O)N[C@@H](CCC(N)=O)C(=O)N[C@@H](CCC(N)=O)C(=O)N[C@@H](CCC(N)=O)C(=O)N[C@@H](CCC(N)=O)C(=O)N[C@@H](CCC(N)=O)C(=O)N[C@@H](CCC(N)=O)C(N)=O)[C@H](O)CO)OC(C(=O)O)=C[C@@H]1NC(=N)N. The van der Waals surface area contributed by atoms with Crippen molar-refractivity contribution in [3.05, 3.63) is 11.8 Å². The fourth-order valence-corrected chi connectivity index (χ4v) is 12.0. The van der Waals surface area contributed by atoms with Crippen LogP contribution < -0.4 is 144 Å². The van der Waals surface area contributed by atoms with Crippen LogP contribution in [0.5, 0.6) is 0 Å². The van der Waals surface area contributed by atoms with Crippen molar-refractivity contribution in [1.82, 2.24) is 69.1 Å². The zero-order valence-electron chi connectivity index (χ0n) is 70.1. The predicted molar refractivity (Wildman–Crippen MR) is 437 cm³/mol. The van der Waals surface area contributed by atoms with Crippen LogP contribution in [0.3, 0.4) is 0 Å². The second-order valence-corrected chi connectivity index (χ2v) is 29.4. The number of primary amides is 11. The fraction of sp³-hybridized carbons (Fsp3) is 0.625. The maximum atomic E-state index is 14.5. The number of aliphatic hydroxyl groups is 2. The first-order valence-corrected chi connectivity index (χ1v) is 39.9. The van der Waals surface area contributed by atoms with Gasteiger partial charge in [0.2, 0.25) is 142 Å². The van der Waals surface area contributed by atoms with Gasteiger partial charge in [-0.2, -0.15) is 0 Å². The van der Waals surface area contributed by atoms with Crippen LogP contribution in [0.4, 0.5) is 0 Å². The number of ether oxygens (including phenoxy) is 2. The van der Waals surface area contributed by atoms with Gasteiger partial charge in [-0.05, 0) is 96.0 Å². The first-order chi connectivity index (χ1) is 59.8. The Hall–Kier alpha value is -14.1. The van der Waals surface area contributed by atoms with Gasteiger partial charge in [-0.1, -0.05) is 0 Å². The molecule has 0 bridgehead atoms. The molecule has 1 heterocycles. The Morgan fingerprint density at radius 1 is 0.383 bits per heavy atom. The first-order valence-electron chi connectivity index (χ1n) is 39.9.